The van der Waals surface area contributed by atoms with Crippen LogP contribution >= 0.6 is 0 Å². The molecule has 0 radical (unpaired) electrons. The van der Waals surface area contributed by atoms with Gasteiger partial charge in [-0.05, 0) is 17.9 Å². The van der Waals surface area contributed by atoms with E-state index in [2.05, 4.69) is 24.0 Å². The summed E-state index contributed by atoms with van der Waals surface area (Å²) in [5.41, 5.74) is 1.99. The first-order chi connectivity index (χ1) is 8.75. The maximum Gasteiger partial charge on any atom is 0.181 e. The highest BCUT2D eigenvalue weighted by atomic mass is 16.1. The van der Waals surface area contributed by atoms with E-state index in [0.717, 1.165) is 12.1 Å². The number of nitrogens with zero attached hydrogens (tertiary/aromatic N) is 2. The highest BCUT2D eigenvalue weighted by Gasteiger charge is 2.27. The van der Waals surface area contributed by atoms with Crippen LogP contribution in [-0.2, 0) is 0 Å². The van der Waals surface area contributed by atoms with Crippen molar-refractivity contribution in [2.75, 3.05) is 0 Å². The minimum atomic E-state index is 0.207. The molecule has 2 aromatic rings. The van der Waals surface area contributed by atoms with E-state index in [1.807, 2.05) is 22.8 Å². The number of Topliss-reactive ketones (excluding diaryl/α,β-unsaturated/α-hetero) is 1. The normalized spacial score (nSPS) is 23.5. The van der Waals surface area contributed by atoms with Crippen LogP contribution in [0.3, 0.4) is 0 Å². The van der Waals surface area contributed by atoms with E-state index in [9.17, 15) is 4.79 Å². The van der Waals surface area contributed by atoms with Gasteiger partial charge in [-0.15, -0.1) is 0 Å². The van der Waals surface area contributed by atoms with Gasteiger partial charge in [0.15, 0.2) is 5.78 Å². The smallest absolute Gasteiger partial charge is 0.181 e. The first kappa shape index (κ1) is 11.2. The van der Waals surface area contributed by atoms with Crippen molar-refractivity contribution in [3.8, 4) is 0 Å². The second kappa shape index (κ2) is 4.41. The minimum Gasteiger partial charge on any atom is -0.321 e. The van der Waals surface area contributed by atoms with Gasteiger partial charge in [-0.25, -0.2) is 4.98 Å². The fourth-order valence-electron chi connectivity index (χ4n) is 2.74. The van der Waals surface area contributed by atoms with Gasteiger partial charge in [-0.1, -0.05) is 37.3 Å². The summed E-state index contributed by atoms with van der Waals surface area (Å²) in [7, 11) is 0. The second-order valence-electron chi connectivity index (χ2n) is 5.08. The molecule has 0 aliphatic carbocycles. The Morgan fingerprint density at radius 2 is 2.06 bits per heavy atom. The SMILES string of the molecule is CC1CC(=O)c2cncn2C(c2ccccc2)C1. The number of fused-ring (bicyclic) bond motifs is 1. The van der Waals surface area contributed by atoms with Crippen molar-refractivity contribution >= 4 is 5.78 Å². The molecular formula is C15H16N2O. The van der Waals surface area contributed by atoms with E-state index in [0.29, 0.717) is 12.3 Å². The van der Waals surface area contributed by atoms with Crippen molar-refractivity contribution < 1.29 is 4.79 Å². The molecule has 2 atom stereocenters. The van der Waals surface area contributed by atoms with E-state index in [1.54, 1.807) is 12.5 Å². The maximum absolute atomic E-state index is 12.1. The summed E-state index contributed by atoms with van der Waals surface area (Å²) in [5.74, 6) is 0.612. The van der Waals surface area contributed by atoms with Gasteiger partial charge in [0.25, 0.3) is 0 Å². The molecule has 18 heavy (non-hydrogen) atoms. The van der Waals surface area contributed by atoms with Crippen molar-refractivity contribution in [2.45, 2.75) is 25.8 Å². The van der Waals surface area contributed by atoms with Gasteiger partial charge < -0.3 is 4.57 Å². The predicted octanol–water partition coefficient (Wildman–Crippen LogP) is 3.09. The Bertz CT molecular complexity index is 559. The van der Waals surface area contributed by atoms with Crippen molar-refractivity contribution in [1.82, 2.24) is 9.55 Å². The number of hydrogen-bond acceptors (Lipinski definition) is 2. The lowest BCUT2D eigenvalue weighted by atomic mass is 9.94. The molecule has 1 aromatic heterocycles. The summed E-state index contributed by atoms with van der Waals surface area (Å²) in [4.78, 5) is 16.2. The molecule has 0 spiro atoms. The lowest BCUT2D eigenvalue weighted by Crippen LogP contribution is -2.12. The fraction of sp³-hybridized carbons (Fsp3) is 0.333. The average Bonchev–Trinajstić information content (AvgIpc) is 2.82. The molecule has 1 aromatic carbocycles. The van der Waals surface area contributed by atoms with Crippen LogP contribution < -0.4 is 0 Å². The molecular weight excluding hydrogens is 224 g/mol. The van der Waals surface area contributed by atoms with Crippen LogP contribution in [0.25, 0.3) is 0 Å². The third-order valence-electron chi connectivity index (χ3n) is 3.63. The molecule has 2 unspecified atom stereocenters. The van der Waals surface area contributed by atoms with Crippen LogP contribution in [0.2, 0.25) is 0 Å². The first-order valence-electron chi connectivity index (χ1n) is 6.35. The Kier molecular flexibility index (Phi) is 2.74. The van der Waals surface area contributed by atoms with Crippen molar-refractivity contribution in [1.29, 1.82) is 0 Å². The summed E-state index contributed by atoms with van der Waals surface area (Å²) >= 11 is 0. The highest BCUT2D eigenvalue weighted by molar-refractivity contribution is 5.94. The lowest BCUT2D eigenvalue weighted by molar-refractivity contribution is 0.0963. The van der Waals surface area contributed by atoms with E-state index in [4.69, 9.17) is 0 Å². The van der Waals surface area contributed by atoms with Crippen LogP contribution in [0.4, 0.5) is 0 Å². The Labute approximate surface area is 106 Å². The summed E-state index contributed by atoms with van der Waals surface area (Å²) < 4.78 is 2.03. The quantitative estimate of drug-likeness (QED) is 0.767. The van der Waals surface area contributed by atoms with Crippen LogP contribution in [0.1, 0.15) is 41.9 Å². The molecule has 1 aliphatic heterocycles. The van der Waals surface area contributed by atoms with Crippen molar-refractivity contribution in [3.63, 3.8) is 0 Å². The number of carbonyl (C=O) groups excluding carboxylic acids is 1. The number of rotatable bonds is 1. The number of ketones is 1. The molecule has 3 rings (SSSR count). The van der Waals surface area contributed by atoms with E-state index >= 15 is 0 Å². The fourth-order valence-corrected chi connectivity index (χ4v) is 2.74. The van der Waals surface area contributed by atoms with Crippen LogP contribution in [-0.4, -0.2) is 15.3 Å². The average molecular weight is 240 g/mol. The summed E-state index contributed by atoms with van der Waals surface area (Å²) in [6.45, 7) is 2.15. The largest absolute Gasteiger partial charge is 0.321 e. The molecule has 0 saturated carbocycles. The number of benzene rings is 1. The zero-order valence-electron chi connectivity index (χ0n) is 10.4. The number of aromatic nitrogens is 2. The summed E-state index contributed by atoms with van der Waals surface area (Å²) in [6, 6.07) is 10.6. The Hall–Kier alpha value is -1.90. The van der Waals surface area contributed by atoms with Gasteiger partial charge in [-0.2, -0.15) is 0 Å². The van der Waals surface area contributed by atoms with Gasteiger partial charge in [0, 0.05) is 6.42 Å². The van der Waals surface area contributed by atoms with Crippen molar-refractivity contribution in [2.24, 2.45) is 5.92 Å². The lowest BCUT2D eigenvalue weighted by Gasteiger charge is -2.20. The zero-order valence-corrected chi connectivity index (χ0v) is 10.4. The highest BCUT2D eigenvalue weighted by Crippen LogP contribution is 2.32. The molecule has 0 saturated heterocycles. The molecule has 0 bridgehead atoms. The van der Waals surface area contributed by atoms with Crippen molar-refractivity contribution in [3.05, 3.63) is 54.1 Å². The second-order valence-corrected chi connectivity index (χ2v) is 5.08. The van der Waals surface area contributed by atoms with Crippen LogP contribution in [0, 0.1) is 5.92 Å². The number of hydrogen-bond donors (Lipinski definition) is 0. The van der Waals surface area contributed by atoms with Gasteiger partial charge in [-0.3, -0.25) is 4.79 Å². The molecule has 3 nitrogen and oxygen atoms in total. The molecule has 0 N–H and O–H groups in total. The van der Waals surface area contributed by atoms with E-state index in [1.165, 1.54) is 5.56 Å². The molecule has 3 heteroatoms. The maximum atomic E-state index is 12.1. The molecule has 2 heterocycles. The monoisotopic (exact) mass is 240 g/mol. The standard InChI is InChI=1S/C15H16N2O/c1-11-7-13(12-5-3-2-4-6-12)17-10-16-9-14(17)15(18)8-11/h2-6,9-11,13H,7-8H2,1H3. The first-order valence-corrected chi connectivity index (χ1v) is 6.35. The predicted molar refractivity (Wildman–Crippen MR) is 69.5 cm³/mol. The number of imidazole rings is 1. The van der Waals surface area contributed by atoms with E-state index < -0.39 is 0 Å². The minimum absolute atomic E-state index is 0.207. The molecule has 0 fully saturated rings. The third-order valence-corrected chi connectivity index (χ3v) is 3.63. The Morgan fingerprint density at radius 3 is 2.83 bits per heavy atom. The van der Waals surface area contributed by atoms with E-state index in [-0.39, 0.29) is 11.8 Å². The molecule has 92 valence electrons. The van der Waals surface area contributed by atoms with Gasteiger partial charge in [0.05, 0.1) is 18.6 Å². The third kappa shape index (κ3) is 1.86. The summed E-state index contributed by atoms with van der Waals surface area (Å²) in [5, 5.41) is 0. The molecule has 0 amide bonds. The van der Waals surface area contributed by atoms with Crippen LogP contribution in [0.5, 0.6) is 0 Å². The Balaban J connectivity index is 2.09. The van der Waals surface area contributed by atoms with Gasteiger partial charge in [0.2, 0.25) is 0 Å². The molecule has 1 aliphatic rings. The Morgan fingerprint density at radius 1 is 1.28 bits per heavy atom. The zero-order chi connectivity index (χ0) is 12.5. The van der Waals surface area contributed by atoms with Crippen LogP contribution in [0.15, 0.2) is 42.9 Å². The van der Waals surface area contributed by atoms with Gasteiger partial charge >= 0.3 is 0 Å². The summed E-state index contributed by atoms with van der Waals surface area (Å²) in [6.07, 6.45) is 5.08. The topological polar surface area (TPSA) is 34.9 Å². The number of carbonyl (C=O) groups is 1. The van der Waals surface area contributed by atoms with Gasteiger partial charge in [0.1, 0.15) is 5.69 Å².